The number of nitrogens with zero attached hydrogens (tertiary/aromatic N) is 1. The van der Waals surface area contributed by atoms with E-state index >= 15 is 0 Å². The number of aromatic hydroxyl groups is 1. The molecule has 0 spiro atoms. The molecule has 0 fully saturated rings. The number of hydrogen-bond acceptors (Lipinski definition) is 5. The average Bonchev–Trinajstić information content (AvgIpc) is 2.16. The van der Waals surface area contributed by atoms with Crippen LogP contribution in [0.4, 0.5) is 5.69 Å². The van der Waals surface area contributed by atoms with E-state index in [-0.39, 0.29) is 17.0 Å². The summed E-state index contributed by atoms with van der Waals surface area (Å²) in [5.41, 5.74) is -0.363. The van der Waals surface area contributed by atoms with Gasteiger partial charge in [0.05, 0.1) is 0 Å². The molecule has 1 aromatic heterocycles. The molecule has 0 unspecified atom stereocenters. The second-order valence-electron chi connectivity index (χ2n) is 2.72. The fraction of sp³-hybridized carbons (Fsp3) is 0. The normalized spacial score (nSPS) is 10.3. The highest BCUT2D eigenvalue weighted by atomic mass is 16.4. The first kappa shape index (κ1) is 8.43. The molecule has 0 saturated carbocycles. The largest absolute Gasteiger partial charge is 0.505 e. The smallest absolute Gasteiger partial charge is 0.336 e. The van der Waals surface area contributed by atoms with E-state index in [4.69, 9.17) is 4.42 Å². The Morgan fingerprint density at radius 1 is 1.29 bits per heavy atom. The fourth-order valence-corrected chi connectivity index (χ4v) is 1.17. The molecule has 0 aliphatic heterocycles. The number of benzene rings is 1. The van der Waals surface area contributed by atoms with Gasteiger partial charge in [0, 0.05) is 17.5 Å². The van der Waals surface area contributed by atoms with Gasteiger partial charge >= 0.3 is 5.63 Å². The molecule has 0 aliphatic rings. The van der Waals surface area contributed by atoms with Crippen molar-refractivity contribution in [2.24, 2.45) is 5.18 Å². The molecule has 0 aliphatic carbocycles. The molecule has 70 valence electrons. The lowest BCUT2D eigenvalue weighted by molar-refractivity contribution is 0.474. The van der Waals surface area contributed by atoms with Crippen molar-refractivity contribution in [3.8, 4) is 5.75 Å². The number of phenols is 1. The Bertz CT molecular complexity index is 558. The van der Waals surface area contributed by atoms with Crippen molar-refractivity contribution in [3.05, 3.63) is 39.6 Å². The van der Waals surface area contributed by atoms with Crippen LogP contribution in [0.3, 0.4) is 0 Å². The van der Waals surface area contributed by atoms with Gasteiger partial charge in [-0.15, -0.1) is 4.91 Å². The van der Waals surface area contributed by atoms with Crippen LogP contribution in [-0.4, -0.2) is 5.11 Å². The number of rotatable bonds is 1. The van der Waals surface area contributed by atoms with E-state index in [1.807, 2.05) is 0 Å². The van der Waals surface area contributed by atoms with Crippen LogP contribution in [0.2, 0.25) is 0 Å². The molecule has 0 atom stereocenters. The first-order chi connectivity index (χ1) is 6.70. The monoisotopic (exact) mass is 191 g/mol. The van der Waals surface area contributed by atoms with Crippen LogP contribution in [-0.2, 0) is 0 Å². The average molecular weight is 191 g/mol. The first-order valence-corrected chi connectivity index (χ1v) is 3.81. The SMILES string of the molecule is O=Nc1cc2ccc(=O)oc2cc1O. The quantitative estimate of drug-likeness (QED) is 0.551. The first-order valence-electron chi connectivity index (χ1n) is 3.81. The summed E-state index contributed by atoms with van der Waals surface area (Å²) in [4.78, 5) is 21.1. The van der Waals surface area contributed by atoms with Crippen molar-refractivity contribution in [3.63, 3.8) is 0 Å². The lowest BCUT2D eigenvalue weighted by Gasteiger charge is -1.98. The third-order valence-corrected chi connectivity index (χ3v) is 1.81. The molecule has 1 aromatic carbocycles. The zero-order valence-corrected chi connectivity index (χ0v) is 6.93. The second kappa shape index (κ2) is 2.95. The van der Waals surface area contributed by atoms with Gasteiger partial charge < -0.3 is 9.52 Å². The maximum atomic E-state index is 10.8. The molecule has 2 aromatic rings. The lowest BCUT2D eigenvalue weighted by Crippen LogP contribution is -1.93. The van der Waals surface area contributed by atoms with Gasteiger partial charge in [0.25, 0.3) is 0 Å². The van der Waals surface area contributed by atoms with Crippen molar-refractivity contribution in [2.45, 2.75) is 0 Å². The van der Waals surface area contributed by atoms with E-state index < -0.39 is 5.63 Å². The third-order valence-electron chi connectivity index (χ3n) is 1.81. The Hall–Kier alpha value is -2.17. The highest BCUT2D eigenvalue weighted by Crippen LogP contribution is 2.30. The minimum absolute atomic E-state index is 0.0775. The molecule has 0 amide bonds. The van der Waals surface area contributed by atoms with Gasteiger partial charge in [-0.3, -0.25) is 0 Å². The topological polar surface area (TPSA) is 79.9 Å². The van der Waals surface area contributed by atoms with Crippen LogP contribution >= 0.6 is 0 Å². The van der Waals surface area contributed by atoms with Crippen LogP contribution < -0.4 is 5.63 Å². The Kier molecular flexibility index (Phi) is 1.78. The second-order valence-corrected chi connectivity index (χ2v) is 2.72. The summed E-state index contributed by atoms with van der Waals surface area (Å²) in [5.74, 6) is -0.304. The molecule has 0 bridgehead atoms. The fourth-order valence-electron chi connectivity index (χ4n) is 1.17. The summed E-state index contributed by atoms with van der Waals surface area (Å²) in [6, 6.07) is 5.26. The zero-order valence-electron chi connectivity index (χ0n) is 6.93. The van der Waals surface area contributed by atoms with Crippen molar-refractivity contribution in [2.75, 3.05) is 0 Å². The van der Waals surface area contributed by atoms with Crippen LogP contribution in [0.1, 0.15) is 0 Å². The van der Waals surface area contributed by atoms with E-state index in [2.05, 4.69) is 5.18 Å². The van der Waals surface area contributed by atoms with E-state index in [0.717, 1.165) is 0 Å². The van der Waals surface area contributed by atoms with Gasteiger partial charge in [-0.1, -0.05) is 0 Å². The number of phenolic OH excluding ortho intramolecular Hbond substituents is 1. The number of fused-ring (bicyclic) bond motifs is 1. The Labute approximate surface area is 77.6 Å². The Morgan fingerprint density at radius 2 is 2.07 bits per heavy atom. The summed E-state index contributed by atoms with van der Waals surface area (Å²) >= 11 is 0. The number of hydrogen-bond donors (Lipinski definition) is 1. The van der Waals surface area contributed by atoms with Crippen LogP contribution in [0.25, 0.3) is 11.0 Å². The predicted molar refractivity (Wildman–Crippen MR) is 49.6 cm³/mol. The minimum Gasteiger partial charge on any atom is -0.505 e. The summed E-state index contributed by atoms with van der Waals surface area (Å²) in [6.45, 7) is 0. The van der Waals surface area contributed by atoms with Gasteiger partial charge in [0.15, 0.2) is 0 Å². The van der Waals surface area contributed by atoms with Crippen molar-refractivity contribution < 1.29 is 9.52 Å². The molecule has 1 N–H and O–H groups in total. The molecule has 0 saturated heterocycles. The third kappa shape index (κ3) is 1.24. The van der Waals surface area contributed by atoms with Gasteiger partial charge in [-0.25, -0.2) is 4.79 Å². The standard InChI is InChI=1S/C9H5NO4/c11-7-4-8-5(3-6(7)10-13)1-2-9(12)14-8/h1-4,11H. The molecule has 14 heavy (non-hydrogen) atoms. The van der Waals surface area contributed by atoms with Gasteiger partial charge in [0.2, 0.25) is 0 Å². The minimum atomic E-state index is -0.510. The number of nitroso groups, excluding NO2 is 1. The molecular weight excluding hydrogens is 186 g/mol. The lowest BCUT2D eigenvalue weighted by atomic mass is 10.2. The predicted octanol–water partition coefficient (Wildman–Crippen LogP) is 1.90. The molecule has 0 radical (unpaired) electrons. The van der Waals surface area contributed by atoms with Gasteiger partial charge in [-0.05, 0) is 17.3 Å². The maximum absolute atomic E-state index is 10.8. The van der Waals surface area contributed by atoms with Crippen molar-refractivity contribution in [1.82, 2.24) is 0 Å². The summed E-state index contributed by atoms with van der Waals surface area (Å²) in [7, 11) is 0. The van der Waals surface area contributed by atoms with E-state index in [9.17, 15) is 14.8 Å². The van der Waals surface area contributed by atoms with Crippen LogP contribution in [0, 0.1) is 4.91 Å². The van der Waals surface area contributed by atoms with E-state index in [1.54, 1.807) is 0 Å². The van der Waals surface area contributed by atoms with E-state index in [0.29, 0.717) is 5.39 Å². The maximum Gasteiger partial charge on any atom is 0.336 e. The summed E-state index contributed by atoms with van der Waals surface area (Å²) < 4.78 is 4.78. The molecule has 2 rings (SSSR count). The van der Waals surface area contributed by atoms with Crippen LogP contribution in [0.5, 0.6) is 5.75 Å². The van der Waals surface area contributed by atoms with Gasteiger partial charge in [-0.2, -0.15) is 0 Å². The van der Waals surface area contributed by atoms with Gasteiger partial charge in [0.1, 0.15) is 17.0 Å². The van der Waals surface area contributed by atoms with Crippen molar-refractivity contribution in [1.29, 1.82) is 0 Å². The highest BCUT2D eigenvalue weighted by Gasteiger charge is 2.05. The Morgan fingerprint density at radius 3 is 2.79 bits per heavy atom. The van der Waals surface area contributed by atoms with E-state index in [1.165, 1.54) is 24.3 Å². The van der Waals surface area contributed by atoms with Crippen LogP contribution in [0.15, 0.2) is 38.7 Å². The summed E-state index contributed by atoms with van der Waals surface area (Å²) in [6.07, 6.45) is 0. The zero-order chi connectivity index (χ0) is 10.1. The summed E-state index contributed by atoms with van der Waals surface area (Å²) in [5, 5.41) is 12.4. The molecule has 5 heteroatoms. The Balaban J connectivity index is 2.85. The molecular formula is C9H5NO4. The molecule has 1 heterocycles. The molecule has 5 nitrogen and oxygen atoms in total. The van der Waals surface area contributed by atoms with Crippen molar-refractivity contribution >= 4 is 16.7 Å². The highest BCUT2D eigenvalue weighted by molar-refractivity contribution is 5.82.